The van der Waals surface area contributed by atoms with Crippen molar-refractivity contribution >= 4 is 19.7 Å². The Morgan fingerprint density at radius 1 is 0.750 bits per heavy atom. The summed E-state index contributed by atoms with van der Waals surface area (Å²) in [6.45, 7) is 0. The highest BCUT2D eigenvalue weighted by atomic mass is 32.2. The Morgan fingerprint density at radius 3 is 1.38 bits per heavy atom. The van der Waals surface area contributed by atoms with E-state index in [1.54, 1.807) is 0 Å². The molecule has 0 aromatic heterocycles. The van der Waals surface area contributed by atoms with E-state index in [1.807, 2.05) is 0 Å². The van der Waals surface area contributed by atoms with Gasteiger partial charge < -0.3 is 0 Å². The van der Waals surface area contributed by atoms with Crippen LogP contribution in [0.5, 0.6) is 0 Å². The fourth-order valence-corrected chi connectivity index (χ4v) is 5.40. The van der Waals surface area contributed by atoms with Crippen LogP contribution in [0.15, 0.2) is 0 Å². The molecule has 0 aliphatic carbocycles. The quantitative estimate of drug-likeness (QED) is 0.602. The molecule has 0 saturated carbocycles. The monoisotopic (exact) mass is 268 g/mol. The molecule has 94 valence electrons. The van der Waals surface area contributed by atoms with E-state index in [2.05, 4.69) is 10.9 Å². The van der Waals surface area contributed by atoms with Gasteiger partial charge in [-0.25, -0.2) is 16.8 Å². The minimum absolute atomic E-state index is 0.0895. The van der Waals surface area contributed by atoms with Crippen LogP contribution in [0, 0.1) is 0 Å². The molecule has 2 heterocycles. The van der Waals surface area contributed by atoms with Crippen molar-refractivity contribution < 1.29 is 16.8 Å². The Balaban J connectivity index is 1.77. The first kappa shape index (κ1) is 12.3. The van der Waals surface area contributed by atoms with Gasteiger partial charge in [0.1, 0.15) is 0 Å². The molecule has 2 aliphatic rings. The highest BCUT2D eigenvalue weighted by Crippen LogP contribution is 2.13. The van der Waals surface area contributed by atoms with Crippen molar-refractivity contribution in [3.8, 4) is 0 Å². The second-order valence-electron chi connectivity index (χ2n) is 4.49. The lowest BCUT2D eigenvalue weighted by Gasteiger charge is -2.16. The molecule has 0 aromatic carbocycles. The lowest BCUT2D eigenvalue weighted by Crippen LogP contribution is -2.47. The predicted octanol–water partition coefficient (Wildman–Crippen LogP) is -1.55. The maximum absolute atomic E-state index is 11.2. The van der Waals surface area contributed by atoms with Gasteiger partial charge in [-0.2, -0.15) is 0 Å². The van der Waals surface area contributed by atoms with Gasteiger partial charge in [0.2, 0.25) is 0 Å². The number of hydrogen-bond donors (Lipinski definition) is 2. The molecule has 0 spiro atoms. The van der Waals surface area contributed by atoms with E-state index in [9.17, 15) is 16.8 Å². The molecule has 2 N–H and O–H groups in total. The van der Waals surface area contributed by atoms with Gasteiger partial charge in [-0.15, -0.1) is 0 Å². The molecular weight excluding hydrogens is 252 g/mol. The second kappa shape index (κ2) is 4.25. The highest BCUT2D eigenvalue weighted by molar-refractivity contribution is 7.91. The summed E-state index contributed by atoms with van der Waals surface area (Å²) in [5.74, 6) is 0.712. The van der Waals surface area contributed by atoms with Crippen molar-refractivity contribution in [3.05, 3.63) is 0 Å². The van der Waals surface area contributed by atoms with Crippen molar-refractivity contribution in [2.45, 2.75) is 24.9 Å². The molecular formula is C8H16N2O4S2. The zero-order valence-corrected chi connectivity index (χ0v) is 10.5. The lowest BCUT2D eigenvalue weighted by atomic mass is 10.2. The zero-order valence-electron chi connectivity index (χ0n) is 8.85. The van der Waals surface area contributed by atoms with Gasteiger partial charge in [0.15, 0.2) is 19.7 Å². The molecule has 0 amide bonds. The average Bonchev–Trinajstić information content (AvgIpc) is 2.66. The first-order valence-corrected chi connectivity index (χ1v) is 8.92. The summed E-state index contributed by atoms with van der Waals surface area (Å²) in [7, 11) is -5.77. The molecule has 2 aliphatic heterocycles. The number of nitrogens with one attached hydrogen (secondary N) is 2. The van der Waals surface area contributed by atoms with Crippen molar-refractivity contribution in [2.24, 2.45) is 0 Å². The number of rotatable bonds is 3. The van der Waals surface area contributed by atoms with E-state index in [0.717, 1.165) is 0 Å². The largest absolute Gasteiger partial charge is 0.253 e. The van der Waals surface area contributed by atoms with Crippen LogP contribution in [-0.4, -0.2) is 51.9 Å². The van der Waals surface area contributed by atoms with Crippen molar-refractivity contribution in [1.29, 1.82) is 0 Å². The van der Waals surface area contributed by atoms with Gasteiger partial charge in [-0.3, -0.25) is 10.9 Å². The minimum atomic E-state index is -2.88. The Bertz CT molecular complexity index is 412. The number of hydrogen-bond acceptors (Lipinski definition) is 6. The third kappa shape index (κ3) is 3.16. The van der Waals surface area contributed by atoms with Crippen LogP contribution in [0.3, 0.4) is 0 Å². The first-order valence-electron chi connectivity index (χ1n) is 5.28. The van der Waals surface area contributed by atoms with E-state index in [0.29, 0.717) is 12.8 Å². The molecule has 6 nitrogen and oxygen atoms in total. The van der Waals surface area contributed by atoms with Crippen molar-refractivity contribution in [3.63, 3.8) is 0 Å². The third-order valence-electron chi connectivity index (χ3n) is 2.96. The highest BCUT2D eigenvalue weighted by Gasteiger charge is 2.31. The molecule has 0 aromatic rings. The topological polar surface area (TPSA) is 92.3 Å². The summed E-state index contributed by atoms with van der Waals surface area (Å²) in [5.41, 5.74) is 5.85. The molecule has 2 saturated heterocycles. The molecule has 2 rings (SSSR count). The molecule has 0 bridgehead atoms. The smallest absolute Gasteiger partial charge is 0.151 e. The molecule has 16 heavy (non-hydrogen) atoms. The first-order chi connectivity index (χ1) is 7.36. The summed E-state index contributed by atoms with van der Waals surface area (Å²) in [6, 6.07) is -0.179. The van der Waals surface area contributed by atoms with Gasteiger partial charge >= 0.3 is 0 Å². The molecule has 2 fully saturated rings. The normalized spacial score (nSPS) is 36.5. The Morgan fingerprint density at radius 2 is 1.12 bits per heavy atom. The van der Waals surface area contributed by atoms with Crippen LogP contribution in [0.2, 0.25) is 0 Å². The van der Waals surface area contributed by atoms with Crippen LogP contribution in [0.25, 0.3) is 0 Å². The molecule has 8 heteroatoms. The number of sulfone groups is 2. The second-order valence-corrected chi connectivity index (χ2v) is 8.95. The van der Waals surface area contributed by atoms with E-state index in [4.69, 9.17) is 0 Å². The third-order valence-corrected chi connectivity index (χ3v) is 6.49. The molecule has 2 atom stereocenters. The van der Waals surface area contributed by atoms with Crippen LogP contribution < -0.4 is 10.9 Å². The van der Waals surface area contributed by atoms with Crippen molar-refractivity contribution in [1.82, 2.24) is 10.9 Å². The summed E-state index contributed by atoms with van der Waals surface area (Å²) < 4.78 is 44.7. The summed E-state index contributed by atoms with van der Waals surface area (Å²) in [4.78, 5) is 0. The minimum Gasteiger partial charge on any atom is -0.253 e. The zero-order chi connectivity index (χ0) is 11.8. The average molecular weight is 268 g/mol. The fourth-order valence-electron chi connectivity index (χ4n) is 2.05. The van der Waals surface area contributed by atoms with Crippen LogP contribution in [-0.2, 0) is 19.7 Å². The number of hydrazine groups is 1. The Hall–Kier alpha value is -0.180. The van der Waals surface area contributed by atoms with Crippen LogP contribution in [0.4, 0.5) is 0 Å². The fraction of sp³-hybridized carbons (Fsp3) is 1.00. The Kier molecular flexibility index (Phi) is 3.26. The van der Waals surface area contributed by atoms with E-state index >= 15 is 0 Å². The van der Waals surface area contributed by atoms with Gasteiger partial charge in [-0.1, -0.05) is 0 Å². The van der Waals surface area contributed by atoms with E-state index in [1.165, 1.54) is 0 Å². The van der Waals surface area contributed by atoms with Gasteiger partial charge in [-0.05, 0) is 12.8 Å². The van der Waals surface area contributed by atoms with Gasteiger partial charge in [0.25, 0.3) is 0 Å². The van der Waals surface area contributed by atoms with Gasteiger partial charge in [0.05, 0.1) is 23.0 Å². The summed E-state index contributed by atoms with van der Waals surface area (Å²) in [6.07, 6.45) is 1.18. The maximum atomic E-state index is 11.2. The van der Waals surface area contributed by atoms with E-state index in [-0.39, 0.29) is 35.1 Å². The van der Waals surface area contributed by atoms with Crippen LogP contribution >= 0.6 is 0 Å². The summed E-state index contributed by atoms with van der Waals surface area (Å²) >= 11 is 0. The molecule has 0 unspecified atom stereocenters. The van der Waals surface area contributed by atoms with Crippen LogP contribution in [0.1, 0.15) is 12.8 Å². The van der Waals surface area contributed by atoms with E-state index < -0.39 is 19.7 Å². The Labute approximate surface area is 95.6 Å². The van der Waals surface area contributed by atoms with Crippen molar-refractivity contribution in [2.75, 3.05) is 23.0 Å². The van der Waals surface area contributed by atoms with Gasteiger partial charge in [0, 0.05) is 12.1 Å². The standard InChI is InChI=1S/C8H16N2O4S2/c11-15(12)3-1-7(5-15)9-10-8-2-4-16(13,14)6-8/h7-10H,1-6H2/t7-,8-/m0/s1. The molecule has 0 radical (unpaired) electrons. The lowest BCUT2D eigenvalue weighted by molar-refractivity contribution is 0.403. The predicted molar refractivity (Wildman–Crippen MR) is 60.4 cm³/mol. The SMILES string of the molecule is O=S1(=O)CC[C@H](NN[C@H]2CCS(=O)(=O)C2)C1. The maximum Gasteiger partial charge on any atom is 0.151 e. The summed E-state index contributed by atoms with van der Waals surface area (Å²) in [5, 5.41) is 0.